The molecule has 0 atom stereocenters. The average molecular weight is 533 g/mol. The standard InChI is InChI=1S/C26H28N8O3S/c1-15-19(8-17(9-29-15)31-22(35)12-33-13-26(2,3)14-33)32-23(36)18-10-30-34-11-21(38-25(18)34)16-5-6-28-20(7-16)24(37)27-4/h5-11H,12-14H2,1-4H3,(H,27,37)(H,31,35)(H,32,36). The van der Waals surface area contributed by atoms with Gasteiger partial charge in [0.1, 0.15) is 10.5 Å². The number of aryl methyl sites for hydroxylation is 1. The Balaban J connectivity index is 1.31. The van der Waals surface area contributed by atoms with Crippen LogP contribution >= 0.6 is 11.3 Å². The molecule has 0 aromatic carbocycles. The van der Waals surface area contributed by atoms with E-state index in [4.69, 9.17) is 0 Å². The molecule has 0 saturated carbocycles. The monoisotopic (exact) mass is 532 g/mol. The van der Waals surface area contributed by atoms with Gasteiger partial charge in [-0.15, -0.1) is 11.3 Å². The number of carbonyl (C=O) groups excluding carboxylic acids is 3. The third-order valence-electron chi connectivity index (χ3n) is 6.23. The second-order valence-corrected chi connectivity index (χ2v) is 11.1. The molecule has 3 N–H and O–H groups in total. The Labute approximate surface area is 223 Å². The van der Waals surface area contributed by atoms with E-state index in [2.05, 4.69) is 49.8 Å². The lowest BCUT2D eigenvalue weighted by Gasteiger charge is -2.45. The van der Waals surface area contributed by atoms with Crippen LogP contribution in [0.15, 0.2) is 43.0 Å². The number of nitrogens with zero attached hydrogens (tertiary/aromatic N) is 5. The second-order valence-electron chi connectivity index (χ2n) is 10.1. The van der Waals surface area contributed by atoms with Crippen molar-refractivity contribution in [3.8, 4) is 10.4 Å². The highest BCUT2D eigenvalue weighted by Gasteiger charge is 2.34. The molecule has 4 aromatic rings. The Bertz CT molecular complexity index is 1550. The molecule has 1 saturated heterocycles. The van der Waals surface area contributed by atoms with Crippen molar-refractivity contribution in [1.29, 1.82) is 0 Å². The van der Waals surface area contributed by atoms with E-state index in [-0.39, 0.29) is 23.1 Å². The first-order valence-electron chi connectivity index (χ1n) is 12.1. The first-order chi connectivity index (χ1) is 18.1. The van der Waals surface area contributed by atoms with Crippen LogP contribution in [0.3, 0.4) is 0 Å². The fourth-order valence-corrected chi connectivity index (χ4v) is 5.56. The summed E-state index contributed by atoms with van der Waals surface area (Å²) in [6, 6.07) is 5.20. The number of pyridine rings is 2. The summed E-state index contributed by atoms with van der Waals surface area (Å²) in [5.41, 5.74) is 3.38. The summed E-state index contributed by atoms with van der Waals surface area (Å²) < 4.78 is 1.63. The number of amides is 3. The molecule has 5 heterocycles. The molecular formula is C26H28N8O3S. The van der Waals surface area contributed by atoms with E-state index in [0.717, 1.165) is 23.5 Å². The van der Waals surface area contributed by atoms with E-state index in [0.29, 0.717) is 39.7 Å². The molecule has 0 aliphatic carbocycles. The van der Waals surface area contributed by atoms with E-state index in [1.807, 2.05) is 6.20 Å². The number of aromatic nitrogens is 4. The molecule has 0 unspecified atom stereocenters. The van der Waals surface area contributed by atoms with Gasteiger partial charge in [0.2, 0.25) is 5.91 Å². The number of rotatable bonds is 7. The van der Waals surface area contributed by atoms with Gasteiger partial charge in [-0.05, 0) is 36.1 Å². The van der Waals surface area contributed by atoms with Gasteiger partial charge in [0, 0.05) is 32.5 Å². The lowest BCUT2D eigenvalue weighted by molar-refractivity contribution is -0.120. The maximum Gasteiger partial charge on any atom is 0.269 e. The van der Waals surface area contributed by atoms with Gasteiger partial charge in [-0.25, -0.2) is 4.52 Å². The number of likely N-dealkylation sites (tertiary alicyclic amines) is 1. The Morgan fingerprint density at radius 3 is 2.61 bits per heavy atom. The van der Waals surface area contributed by atoms with Crippen LogP contribution in [0.4, 0.5) is 11.4 Å². The SMILES string of the molecule is CNC(=O)c1cc(-c2cn3ncc(C(=O)Nc4cc(NC(=O)CN5CC(C)(C)C5)cnc4C)c3s2)ccn1. The van der Waals surface area contributed by atoms with Crippen molar-refractivity contribution in [2.75, 3.05) is 37.3 Å². The number of nitrogens with one attached hydrogen (secondary N) is 3. The van der Waals surface area contributed by atoms with E-state index >= 15 is 0 Å². The number of thiazole rings is 1. The molecule has 1 aliphatic rings. The molecule has 11 nitrogen and oxygen atoms in total. The van der Waals surface area contributed by atoms with Crippen LogP contribution in [0, 0.1) is 12.3 Å². The van der Waals surface area contributed by atoms with Crippen molar-refractivity contribution in [3.05, 3.63) is 59.9 Å². The Kier molecular flexibility index (Phi) is 6.67. The van der Waals surface area contributed by atoms with Crippen LogP contribution in [-0.4, -0.2) is 68.9 Å². The fraction of sp³-hybridized carbons (Fsp3) is 0.308. The summed E-state index contributed by atoms with van der Waals surface area (Å²) in [4.78, 5) is 49.7. The maximum atomic E-state index is 13.2. The third-order valence-corrected chi connectivity index (χ3v) is 7.40. The summed E-state index contributed by atoms with van der Waals surface area (Å²) in [7, 11) is 1.55. The minimum absolute atomic E-state index is 0.122. The minimum Gasteiger partial charge on any atom is -0.354 e. The molecule has 0 spiro atoms. The minimum atomic E-state index is -0.342. The molecule has 0 radical (unpaired) electrons. The molecule has 3 amide bonds. The van der Waals surface area contributed by atoms with Crippen molar-refractivity contribution in [2.45, 2.75) is 20.8 Å². The zero-order valence-corrected chi connectivity index (χ0v) is 22.3. The normalized spacial score (nSPS) is 14.6. The zero-order valence-electron chi connectivity index (χ0n) is 21.5. The predicted molar refractivity (Wildman–Crippen MR) is 145 cm³/mol. The molecule has 4 aromatic heterocycles. The number of anilines is 2. The summed E-state index contributed by atoms with van der Waals surface area (Å²) in [6.45, 7) is 8.22. The van der Waals surface area contributed by atoms with Crippen molar-refractivity contribution in [2.24, 2.45) is 5.41 Å². The highest BCUT2D eigenvalue weighted by atomic mass is 32.1. The van der Waals surface area contributed by atoms with Crippen LogP contribution in [-0.2, 0) is 4.79 Å². The van der Waals surface area contributed by atoms with Crippen LogP contribution in [0.5, 0.6) is 0 Å². The highest BCUT2D eigenvalue weighted by molar-refractivity contribution is 7.21. The van der Waals surface area contributed by atoms with Crippen molar-refractivity contribution in [3.63, 3.8) is 0 Å². The first-order valence-corrected chi connectivity index (χ1v) is 12.9. The van der Waals surface area contributed by atoms with Gasteiger partial charge in [0.05, 0.1) is 46.4 Å². The van der Waals surface area contributed by atoms with Gasteiger partial charge in [0.25, 0.3) is 11.8 Å². The van der Waals surface area contributed by atoms with E-state index in [1.54, 1.807) is 49.1 Å². The summed E-state index contributed by atoms with van der Waals surface area (Å²) in [5, 5.41) is 12.7. The zero-order chi connectivity index (χ0) is 27.0. The molecule has 0 bridgehead atoms. The van der Waals surface area contributed by atoms with Crippen LogP contribution in [0.25, 0.3) is 15.3 Å². The smallest absolute Gasteiger partial charge is 0.269 e. The molecule has 5 rings (SSSR count). The van der Waals surface area contributed by atoms with Gasteiger partial charge in [0.15, 0.2) is 0 Å². The van der Waals surface area contributed by atoms with Crippen LogP contribution in [0.2, 0.25) is 0 Å². The third kappa shape index (κ3) is 5.27. The fourth-order valence-electron chi connectivity index (χ4n) is 4.51. The molecule has 1 fully saturated rings. The van der Waals surface area contributed by atoms with E-state index < -0.39 is 0 Å². The van der Waals surface area contributed by atoms with E-state index in [9.17, 15) is 14.4 Å². The Morgan fingerprint density at radius 2 is 1.87 bits per heavy atom. The van der Waals surface area contributed by atoms with Gasteiger partial charge in [-0.1, -0.05) is 13.8 Å². The average Bonchev–Trinajstić information content (AvgIpc) is 3.45. The number of carbonyl (C=O) groups is 3. The van der Waals surface area contributed by atoms with Crippen molar-refractivity contribution in [1.82, 2.24) is 29.8 Å². The molecule has 12 heteroatoms. The predicted octanol–water partition coefficient (Wildman–Crippen LogP) is 3.05. The van der Waals surface area contributed by atoms with Gasteiger partial charge in [-0.3, -0.25) is 29.3 Å². The quantitative estimate of drug-likeness (QED) is 0.333. The first kappa shape index (κ1) is 25.5. The second kappa shape index (κ2) is 9.95. The molecule has 38 heavy (non-hydrogen) atoms. The van der Waals surface area contributed by atoms with Crippen LogP contribution < -0.4 is 16.0 Å². The molecular weight excluding hydrogens is 504 g/mol. The Morgan fingerprint density at radius 1 is 1.08 bits per heavy atom. The maximum absolute atomic E-state index is 13.2. The van der Waals surface area contributed by atoms with Crippen molar-refractivity contribution < 1.29 is 14.4 Å². The van der Waals surface area contributed by atoms with E-state index in [1.165, 1.54) is 17.5 Å². The Hall–Kier alpha value is -4.16. The summed E-state index contributed by atoms with van der Waals surface area (Å²) >= 11 is 1.38. The van der Waals surface area contributed by atoms with Crippen LogP contribution in [0.1, 0.15) is 40.4 Å². The molecule has 1 aliphatic heterocycles. The number of hydrogen-bond donors (Lipinski definition) is 3. The topological polar surface area (TPSA) is 134 Å². The molecule has 196 valence electrons. The lowest BCUT2D eigenvalue weighted by Crippen LogP contribution is -2.54. The van der Waals surface area contributed by atoms with Gasteiger partial charge in [-0.2, -0.15) is 5.10 Å². The van der Waals surface area contributed by atoms with Gasteiger partial charge < -0.3 is 16.0 Å². The van der Waals surface area contributed by atoms with Gasteiger partial charge >= 0.3 is 0 Å². The van der Waals surface area contributed by atoms with Crippen molar-refractivity contribution >= 4 is 45.3 Å². The lowest BCUT2D eigenvalue weighted by atomic mass is 9.84. The number of fused-ring (bicyclic) bond motifs is 1. The highest BCUT2D eigenvalue weighted by Crippen LogP contribution is 2.31. The summed E-state index contributed by atoms with van der Waals surface area (Å²) in [6.07, 6.45) is 6.47. The summed E-state index contributed by atoms with van der Waals surface area (Å²) in [5.74, 6) is -0.742. The number of hydrogen-bond acceptors (Lipinski definition) is 8. The largest absolute Gasteiger partial charge is 0.354 e.